The highest BCUT2D eigenvalue weighted by Crippen LogP contribution is 2.09. The summed E-state index contributed by atoms with van der Waals surface area (Å²) < 4.78 is 13.2. The van der Waals surface area contributed by atoms with E-state index in [1.54, 1.807) is 12.1 Å². The number of nitrogens with one attached hydrogen (secondary N) is 1. The number of hydrogen-bond acceptors (Lipinski definition) is 3. The van der Waals surface area contributed by atoms with Crippen LogP contribution >= 0.6 is 0 Å². The van der Waals surface area contributed by atoms with Gasteiger partial charge in [0.05, 0.1) is 17.4 Å². The van der Waals surface area contributed by atoms with Crippen LogP contribution in [0.1, 0.15) is 16.1 Å². The largest absolute Gasteiger partial charge is 0.320 e. The molecule has 2 heterocycles. The van der Waals surface area contributed by atoms with Gasteiger partial charge in [0, 0.05) is 11.9 Å². The number of hydrogen-bond donors (Lipinski definition) is 1. The van der Waals surface area contributed by atoms with Crippen LogP contribution < -0.4 is 5.32 Å². The number of aryl methyl sites for hydroxylation is 1. The third-order valence-corrected chi connectivity index (χ3v) is 2.17. The molecule has 0 atom stereocenters. The number of carbonyl (C=O) groups is 1. The minimum atomic E-state index is -0.787. The van der Waals surface area contributed by atoms with E-state index in [2.05, 4.69) is 15.3 Å². The van der Waals surface area contributed by atoms with Gasteiger partial charge in [-0.25, -0.2) is 4.98 Å². The van der Waals surface area contributed by atoms with Crippen LogP contribution in [0.3, 0.4) is 0 Å². The molecule has 0 aliphatic heterocycles. The van der Waals surface area contributed by atoms with Crippen molar-refractivity contribution >= 4 is 11.6 Å². The van der Waals surface area contributed by atoms with Crippen molar-refractivity contribution in [3.8, 4) is 0 Å². The number of rotatable bonds is 2. The van der Waals surface area contributed by atoms with E-state index in [0.29, 0.717) is 5.69 Å². The molecule has 0 saturated carbocycles. The Balaban J connectivity index is 2.17. The van der Waals surface area contributed by atoms with Crippen LogP contribution in [-0.4, -0.2) is 15.9 Å². The summed E-state index contributed by atoms with van der Waals surface area (Å²) in [4.78, 5) is 19.1. The molecule has 0 bridgehead atoms. The minimum Gasteiger partial charge on any atom is -0.320 e. The Hall–Kier alpha value is -2.30. The van der Waals surface area contributed by atoms with Crippen LogP contribution in [0.15, 0.2) is 36.7 Å². The molecule has 0 aliphatic rings. The maximum Gasteiger partial charge on any atom is 0.260 e. The second-order valence-corrected chi connectivity index (χ2v) is 3.48. The highest BCUT2D eigenvalue weighted by molar-refractivity contribution is 6.04. The first-order chi connectivity index (χ1) is 8.16. The predicted molar refractivity (Wildman–Crippen MR) is 61.1 cm³/mol. The number of carbonyl (C=O) groups excluding carboxylic acids is 1. The summed E-state index contributed by atoms with van der Waals surface area (Å²) in [6.45, 7) is 1.84. The van der Waals surface area contributed by atoms with Gasteiger partial charge in [0.25, 0.3) is 5.91 Å². The zero-order valence-electron chi connectivity index (χ0n) is 9.14. The molecule has 1 N–H and O–H groups in total. The number of pyridine rings is 2. The topological polar surface area (TPSA) is 54.9 Å². The highest BCUT2D eigenvalue weighted by Gasteiger charge is 2.11. The first kappa shape index (κ1) is 11.2. The van der Waals surface area contributed by atoms with Gasteiger partial charge in [-0.1, -0.05) is 0 Å². The summed E-state index contributed by atoms with van der Waals surface area (Å²) in [5.41, 5.74) is 1.27. The minimum absolute atomic E-state index is 0.0897. The predicted octanol–water partition coefficient (Wildman–Crippen LogP) is 2.18. The quantitative estimate of drug-likeness (QED) is 0.806. The molecule has 86 valence electrons. The number of anilines is 1. The normalized spacial score (nSPS) is 10.0. The molecule has 17 heavy (non-hydrogen) atoms. The molecule has 0 aliphatic carbocycles. The monoisotopic (exact) mass is 231 g/mol. The van der Waals surface area contributed by atoms with Crippen LogP contribution in [0.2, 0.25) is 0 Å². The van der Waals surface area contributed by atoms with Crippen molar-refractivity contribution in [3.63, 3.8) is 0 Å². The van der Waals surface area contributed by atoms with E-state index >= 15 is 0 Å². The van der Waals surface area contributed by atoms with Gasteiger partial charge in [-0.2, -0.15) is 4.39 Å². The van der Waals surface area contributed by atoms with Crippen molar-refractivity contribution in [3.05, 3.63) is 53.9 Å². The lowest BCUT2D eigenvalue weighted by Gasteiger charge is -2.05. The van der Waals surface area contributed by atoms with E-state index < -0.39 is 11.9 Å². The summed E-state index contributed by atoms with van der Waals surface area (Å²) in [5, 5.41) is 2.54. The zero-order chi connectivity index (χ0) is 12.3. The van der Waals surface area contributed by atoms with Crippen LogP contribution in [0, 0.1) is 12.9 Å². The Morgan fingerprint density at radius 3 is 2.76 bits per heavy atom. The molecule has 0 radical (unpaired) electrons. The third kappa shape index (κ3) is 2.63. The molecule has 0 spiro atoms. The molecule has 2 aromatic heterocycles. The summed E-state index contributed by atoms with van der Waals surface area (Å²) in [5.74, 6) is -1.33. The maximum absolute atomic E-state index is 13.2. The van der Waals surface area contributed by atoms with Gasteiger partial charge in [-0.3, -0.25) is 9.78 Å². The first-order valence-electron chi connectivity index (χ1n) is 5.01. The molecule has 0 unspecified atom stereocenters. The standard InChI is InChI=1S/C12H10FN3O/c1-8-4-5-9(7-15-8)16-12(17)10-3-2-6-14-11(10)13/h2-7H,1H3,(H,16,17). The Bertz CT molecular complexity index is 540. The van der Waals surface area contributed by atoms with E-state index in [0.717, 1.165) is 5.69 Å². The van der Waals surface area contributed by atoms with Gasteiger partial charge < -0.3 is 5.32 Å². The third-order valence-electron chi connectivity index (χ3n) is 2.17. The Morgan fingerprint density at radius 1 is 1.29 bits per heavy atom. The van der Waals surface area contributed by atoms with E-state index in [1.165, 1.54) is 24.5 Å². The number of halogens is 1. The fraction of sp³-hybridized carbons (Fsp3) is 0.0833. The van der Waals surface area contributed by atoms with Gasteiger partial charge in [-0.15, -0.1) is 0 Å². The number of nitrogens with zero attached hydrogens (tertiary/aromatic N) is 2. The van der Waals surface area contributed by atoms with Gasteiger partial charge >= 0.3 is 0 Å². The number of aromatic nitrogens is 2. The van der Waals surface area contributed by atoms with E-state index in [9.17, 15) is 9.18 Å². The molecule has 2 rings (SSSR count). The van der Waals surface area contributed by atoms with Crippen molar-refractivity contribution in [2.75, 3.05) is 5.32 Å². The molecular formula is C12H10FN3O. The van der Waals surface area contributed by atoms with Crippen LogP contribution in [0.4, 0.5) is 10.1 Å². The average Bonchev–Trinajstić information content (AvgIpc) is 2.32. The molecule has 1 amide bonds. The lowest BCUT2D eigenvalue weighted by Crippen LogP contribution is -2.14. The fourth-order valence-electron chi connectivity index (χ4n) is 1.30. The van der Waals surface area contributed by atoms with Crippen molar-refractivity contribution in [2.45, 2.75) is 6.92 Å². The molecule has 5 heteroatoms. The first-order valence-corrected chi connectivity index (χ1v) is 5.01. The lowest BCUT2D eigenvalue weighted by molar-refractivity contribution is 0.102. The molecule has 4 nitrogen and oxygen atoms in total. The van der Waals surface area contributed by atoms with Crippen LogP contribution in [0.5, 0.6) is 0 Å². The molecular weight excluding hydrogens is 221 g/mol. The summed E-state index contributed by atoms with van der Waals surface area (Å²) in [7, 11) is 0. The van der Waals surface area contributed by atoms with Gasteiger partial charge in [-0.05, 0) is 31.2 Å². The zero-order valence-corrected chi connectivity index (χ0v) is 9.14. The average molecular weight is 231 g/mol. The summed E-state index contributed by atoms with van der Waals surface area (Å²) >= 11 is 0. The molecule has 2 aromatic rings. The SMILES string of the molecule is Cc1ccc(NC(=O)c2cccnc2F)cn1. The highest BCUT2D eigenvalue weighted by atomic mass is 19.1. The van der Waals surface area contributed by atoms with Crippen molar-refractivity contribution in [1.82, 2.24) is 9.97 Å². The Morgan fingerprint density at radius 2 is 2.12 bits per heavy atom. The number of amides is 1. The second kappa shape index (κ2) is 4.69. The van der Waals surface area contributed by atoms with Crippen LogP contribution in [-0.2, 0) is 0 Å². The fourth-order valence-corrected chi connectivity index (χ4v) is 1.30. The van der Waals surface area contributed by atoms with Crippen molar-refractivity contribution < 1.29 is 9.18 Å². The van der Waals surface area contributed by atoms with E-state index in [-0.39, 0.29) is 5.56 Å². The second-order valence-electron chi connectivity index (χ2n) is 3.48. The van der Waals surface area contributed by atoms with E-state index in [1.807, 2.05) is 6.92 Å². The summed E-state index contributed by atoms with van der Waals surface area (Å²) in [6.07, 6.45) is 2.81. The van der Waals surface area contributed by atoms with Crippen molar-refractivity contribution in [1.29, 1.82) is 0 Å². The summed E-state index contributed by atoms with van der Waals surface area (Å²) in [6, 6.07) is 6.34. The van der Waals surface area contributed by atoms with Crippen molar-refractivity contribution in [2.24, 2.45) is 0 Å². The van der Waals surface area contributed by atoms with E-state index in [4.69, 9.17) is 0 Å². The molecule has 0 fully saturated rings. The van der Waals surface area contributed by atoms with Crippen LogP contribution in [0.25, 0.3) is 0 Å². The van der Waals surface area contributed by atoms with Gasteiger partial charge in [0.15, 0.2) is 0 Å². The Kier molecular flexibility index (Phi) is 3.09. The lowest BCUT2D eigenvalue weighted by atomic mass is 10.2. The molecule has 0 aromatic carbocycles. The maximum atomic E-state index is 13.2. The van der Waals surface area contributed by atoms with Gasteiger partial charge in [0.1, 0.15) is 0 Å². The smallest absolute Gasteiger partial charge is 0.260 e. The van der Waals surface area contributed by atoms with Gasteiger partial charge in [0.2, 0.25) is 5.95 Å². The Labute approximate surface area is 97.5 Å². The molecule has 0 saturated heterocycles.